The van der Waals surface area contributed by atoms with Gasteiger partial charge in [0.25, 0.3) is 0 Å². The van der Waals surface area contributed by atoms with Gasteiger partial charge >= 0.3 is 42.1 Å². The zero-order chi connectivity index (χ0) is 32.4. The van der Waals surface area contributed by atoms with Crippen LogP contribution in [-0.4, -0.2) is 49.3 Å². The maximum Gasteiger partial charge on any atom is 0.460 e. The molecule has 0 heterocycles. The number of anilines is 2. The average Bonchev–Trinajstić information content (AvgIpc) is 2.89. The lowest BCUT2D eigenvalue weighted by Gasteiger charge is -2.32. The van der Waals surface area contributed by atoms with Crippen molar-refractivity contribution in [1.82, 2.24) is 0 Å². The van der Waals surface area contributed by atoms with Crippen molar-refractivity contribution in [2.45, 2.75) is 76.3 Å². The molecule has 1 rings (SSSR count). The lowest BCUT2D eigenvalue weighted by molar-refractivity contribution is -0.392. The van der Waals surface area contributed by atoms with Crippen LogP contribution in [0.2, 0.25) is 0 Å². The Kier molecular flexibility index (Phi) is 13.2. The first-order valence-corrected chi connectivity index (χ1v) is 12.3. The molecule has 0 atom stereocenters. The molecule has 0 aliphatic carbocycles. The van der Waals surface area contributed by atoms with Crippen LogP contribution >= 0.6 is 0 Å². The van der Waals surface area contributed by atoms with Gasteiger partial charge in [0, 0.05) is 6.07 Å². The highest BCUT2D eigenvalue weighted by molar-refractivity contribution is 5.95. The standard InChI is InChI=1S/C24H27F11N2O5/c1-3-5-7-11-40-19(38)36-15-10-9-14(13-16(15)37-20(39)41-12-8-6-4-2)42-18(26)17(25)21(27,28)22(29,30)23(31,32)24(33,34)35/h9-10,13H,3-8,11-12H2,1-2H3,(H,36,38)(H,37,39). The number of halogens is 11. The molecule has 2 N–H and O–H groups in total. The molecule has 0 fully saturated rings. The van der Waals surface area contributed by atoms with Crippen LogP contribution in [0.3, 0.4) is 0 Å². The minimum atomic E-state index is -7.48. The Bertz CT molecular complexity index is 1100. The van der Waals surface area contributed by atoms with Gasteiger partial charge < -0.3 is 14.2 Å². The van der Waals surface area contributed by atoms with Gasteiger partial charge in [0.2, 0.25) is 5.83 Å². The van der Waals surface area contributed by atoms with Gasteiger partial charge in [0.05, 0.1) is 24.6 Å². The molecule has 0 aliphatic rings. The highest BCUT2D eigenvalue weighted by Gasteiger charge is 2.83. The quantitative estimate of drug-likeness (QED) is 0.114. The van der Waals surface area contributed by atoms with Crippen molar-refractivity contribution in [2.75, 3.05) is 23.8 Å². The van der Waals surface area contributed by atoms with Crippen LogP contribution in [0.4, 0.5) is 69.3 Å². The number of carbonyl (C=O) groups is 2. The highest BCUT2D eigenvalue weighted by atomic mass is 19.4. The van der Waals surface area contributed by atoms with Gasteiger partial charge in [-0.15, -0.1) is 0 Å². The molecular weight excluding hydrogens is 605 g/mol. The van der Waals surface area contributed by atoms with E-state index in [1.54, 1.807) is 0 Å². The molecule has 0 aliphatic heterocycles. The maximum absolute atomic E-state index is 14.1. The van der Waals surface area contributed by atoms with Crippen molar-refractivity contribution < 1.29 is 72.1 Å². The molecule has 2 amide bonds. The number of allylic oxidation sites excluding steroid dienone is 1. The molecular formula is C24H27F11N2O5. The molecule has 0 radical (unpaired) electrons. The molecule has 0 unspecified atom stereocenters. The number of hydrogen-bond acceptors (Lipinski definition) is 5. The van der Waals surface area contributed by atoms with Crippen LogP contribution in [0.1, 0.15) is 52.4 Å². The molecule has 0 spiro atoms. The van der Waals surface area contributed by atoms with E-state index in [1.165, 1.54) is 0 Å². The fraction of sp³-hybridized carbons (Fsp3) is 0.583. The number of rotatable bonds is 15. The van der Waals surface area contributed by atoms with Gasteiger partial charge in [-0.2, -0.15) is 48.3 Å². The molecule has 240 valence electrons. The second kappa shape index (κ2) is 15.1. The number of carbonyl (C=O) groups excluding carboxylic acids is 2. The van der Waals surface area contributed by atoms with Crippen molar-refractivity contribution in [3.05, 3.63) is 30.0 Å². The minimum absolute atomic E-state index is 0.00931. The van der Waals surface area contributed by atoms with Gasteiger partial charge in [-0.05, 0) is 25.0 Å². The molecule has 0 bridgehead atoms. The number of ether oxygens (including phenoxy) is 3. The smallest absolute Gasteiger partial charge is 0.449 e. The van der Waals surface area contributed by atoms with E-state index >= 15 is 0 Å². The van der Waals surface area contributed by atoms with Crippen LogP contribution in [0, 0.1) is 0 Å². The topological polar surface area (TPSA) is 85.9 Å². The lowest BCUT2D eigenvalue weighted by atomic mass is 10.0. The van der Waals surface area contributed by atoms with Gasteiger partial charge in [0.15, 0.2) is 0 Å². The van der Waals surface area contributed by atoms with E-state index in [-0.39, 0.29) is 18.9 Å². The van der Waals surface area contributed by atoms with E-state index in [0.29, 0.717) is 31.4 Å². The number of nitrogens with one attached hydrogen (secondary N) is 2. The van der Waals surface area contributed by atoms with E-state index in [4.69, 9.17) is 9.47 Å². The summed E-state index contributed by atoms with van der Waals surface area (Å²) >= 11 is 0. The largest absolute Gasteiger partial charge is 0.460 e. The Balaban J connectivity index is 3.30. The third-order valence-corrected chi connectivity index (χ3v) is 5.23. The first-order valence-electron chi connectivity index (χ1n) is 12.3. The Morgan fingerprint density at radius 1 is 0.714 bits per heavy atom. The minimum Gasteiger partial charge on any atom is -0.449 e. The summed E-state index contributed by atoms with van der Waals surface area (Å²) in [6, 6.07) is -1.35. The van der Waals surface area contributed by atoms with Gasteiger partial charge in [-0.3, -0.25) is 10.6 Å². The summed E-state index contributed by atoms with van der Waals surface area (Å²) in [6.07, 6.45) is -5.54. The van der Waals surface area contributed by atoms with Crippen molar-refractivity contribution in [3.63, 3.8) is 0 Å². The Hall–Kier alpha value is -3.47. The third kappa shape index (κ3) is 9.27. The van der Waals surface area contributed by atoms with Crippen LogP contribution in [0.5, 0.6) is 5.75 Å². The number of benzene rings is 1. The van der Waals surface area contributed by atoms with Crippen molar-refractivity contribution in [1.29, 1.82) is 0 Å². The molecule has 42 heavy (non-hydrogen) atoms. The average molecular weight is 632 g/mol. The van der Waals surface area contributed by atoms with E-state index < -0.39 is 59.4 Å². The molecule has 7 nitrogen and oxygen atoms in total. The highest BCUT2D eigenvalue weighted by Crippen LogP contribution is 2.55. The van der Waals surface area contributed by atoms with E-state index in [1.807, 2.05) is 13.8 Å². The van der Waals surface area contributed by atoms with E-state index in [2.05, 4.69) is 15.4 Å². The molecule has 0 saturated carbocycles. The number of hydrogen-bond donors (Lipinski definition) is 2. The number of unbranched alkanes of at least 4 members (excludes halogenated alkanes) is 4. The van der Waals surface area contributed by atoms with Crippen LogP contribution in [0.25, 0.3) is 0 Å². The van der Waals surface area contributed by atoms with Crippen molar-refractivity contribution in [3.8, 4) is 5.75 Å². The molecule has 1 aromatic rings. The molecule has 0 aromatic heterocycles. The van der Waals surface area contributed by atoms with Gasteiger partial charge in [0.1, 0.15) is 5.75 Å². The summed E-state index contributed by atoms with van der Waals surface area (Å²) in [5, 5.41) is 4.24. The summed E-state index contributed by atoms with van der Waals surface area (Å²) in [7, 11) is 0. The second-order valence-electron chi connectivity index (χ2n) is 8.55. The zero-order valence-electron chi connectivity index (χ0n) is 22.1. The van der Waals surface area contributed by atoms with Gasteiger partial charge in [-0.1, -0.05) is 39.5 Å². The summed E-state index contributed by atoms with van der Waals surface area (Å²) < 4.78 is 159. The lowest BCUT2D eigenvalue weighted by Crippen LogP contribution is -2.61. The fourth-order valence-electron chi connectivity index (χ4n) is 2.91. The van der Waals surface area contributed by atoms with Crippen molar-refractivity contribution >= 4 is 23.6 Å². The summed E-state index contributed by atoms with van der Waals surface area (Å²) in [5.41, 5.74) is -0.827. The molecule has 1 aromatic carbocycles. The third-order valence-electron chi connectivity index (χ3n) is 5.23. The number of alkyl halides is 9. The Labute approximate surface area is 232 Å². The van der Waals surface area contributed by atoms with Crippen molar-refractivity contribution in [2.24, 2.45) is 0 Å². The second-order valence-corrected chi connectivity index (χ2v) is 8.55. The summed E-state index contributed by atoms with van der Waals surface area (Å²) in [4.78, 5) is 24.2. The zero-order valence-corrected chi connectivity index (χ0v) is 22.1. The fourth-order valence-corrected chi connectivity index (χ4v) is 2.91. The van der Waals surface area contributed by atoms with Crippen LogP contribution < -0.4 is 15.4 Å². The summed E-state index contributed by atoms with van der Waals surface area (Å²) in [5.74, 6) is -27.1. The van der Waals surface area contributed by atoms with Gasteiger partial charge in [-0.25, -0.2) is 9.59 Å². The normalized spacial score (nSPS) is 13.3. The van der Waals surface area contributed by atoms with Crippen LogP contribution in [0.15, 0.2) is 30.0 Å². The first kappa shape index (κ1) is 36.6. The van der Waals surface area contributed by atoms with E-state index in [9.17, 15) is 57.9 Å². The molecule has 18 heteroatoms. The summed E-state index contributed by atoms with van der Waals surface area (Å²) in [6.45, 7) is 3.66. The monoisotopic (exact) mass is 632 g/mol. The predicted molar refractivity (Wildman–Crippen MR) is 126 cm³/mol. The Morgan fingerprint density at radius 2 is 1.19 bits per heavy atom. The maximum atomic E-state index is 14.1. The van der Waals surface area contributed by atoms with Crippen LogP contribution in [-0.2, 0) is 9.47 Å². The molecule has 0 saturated heterocycles. The SMILES string of the molecule is CCCCCOC(=O)Nc1ccc(OC(F)=C(F)C(F)(F)C(F)(F)C(F)(F)C(F)(F)F)cc1NC(=O)OCCCCC. The van der Waals surface area contributed by atoms with E-state index in [0.717, 1.165) is 25.3 Å². The first-order chi connectivity index (χ1) is 19.3. The number of amides is 2. The predicted octanol–water partition coefficient (Wildman–Crippen LogP) is 9.12. The Morgan fingerprint density at radius 3 is 1.64 bits per heavy atom.